The minimum absolute atomic E-state index is 0.0649. The van der Waals surface area contributed by atoms with Gasteiger partial charge >= 0.3 is 6.03 Å². The quantitative estimate of drug-likeness (QED) is 0.503. The minimum atomic E-state index is -4.14. The second kappa shape index (κ2) is 7.84. The third kappa shape index (κ3) is 4.24. The van der Waals surface area contributed by atoms with Crippen LogP contribution in [0.15, 0.2) is 39.3 Å². The molecule has 0 fully saturated rings. The van der Waals surface area contributed by atoms with Crippen LogP contribution in [0.2, 0.25) is 0 Å². The second-order valence-electron chi connectivity index (χ2n) is 5.36. The zero-order valence-electron chi connectivity index (χ0n) is 14.0. The Bertz CT molecular complexity index is 1090. The lowest BCUT2D eigenvalue weighted by molar-refractivity contribution is 0.202. The lowest BCUT2D eigenvalue weighted by Gasteiger charge is -2.08. The van der Waals surface area contributed by atoms with Crippen LogP contribution in [0.1, 0.15) is 0 Å². The fourth-order valence-corrected chi connectivity index (χ4v) is 4.75. The van der Waals surface area contributed by atoms with Crippen molar-refractivity contribution in [2.75, 3.05) is 18.5 Å². The van der Waals surface area contributed by atoms with Crippen molar-refractivity contribution in [3.63, 3.8) is 0 Å². The molecule has 12 heteroatoms. The van der Waals surface area contributed by atoms with Gasteiger partial charge in [0.15, 0.2) is 5.13 Å². The monoisotopic (exact) mass is 474 g/mol. The maximum absolute atomic E-state index is 12.7. The lowest BCUT2D eigenvalue weighted by atomic mass is 10.2. The van der Waals surface area contributed by atoms with E-state index >= 15 is 0 Å². The number of aromatic nitrogens is 2. The maximum Gasteiger partial charge on any atom is 0.334 e. The van der Waals surface area contributed by atoms with Gasteiger partial charge in [0.25, 0.3) is 10.0 Å². The molecule has 3 aromatic rings. The number of rotatable bonds is 6. The van der Waals surface area contributed by atoms with Crippen LogP contribution >= 0.6 is 27.3 Å². The summed E-state index contributed by atoms with van der Waals surface area (Å²) in [6, 6.07) is 4.02. The van der Waals surface area contributed by atoms with Gasteiger partial charge in [-0.2, -0.15) is 0 Å². The van der Waals surface area contributed by atoms with Gasteiger partial charge in [0.05, 0.1) is 22.1 Å². The number of halogens is 1. The fraction of sp³-hybridized carbons (Fsp3) is 0.200. The van der Waals surface area contributed by atoms with Crippen molar-refractivity contribution in [3.05, 3.63) is 34.4 Å². The zero-order chi connectivity index (χ0) is 19.6. The Balaban J connectivity index is 1.90. The summed E-state index contributed by atoms with van der Waals surface area (Å²) in [5, 5.41) is 12.0. The molecule has 0 aliphatic heterocycles. The molecule has 0 atom stereocenters. The summed E-state index contributed by atoms with van der Waals surface area (Å²) in [5.74, 6) is 0.433. The number of fused-ring (bicyclic) bond motifs is 1. The number of hydrogen-bond donors (Lipinski definition) is 3. The maximum atomic E-state index is 12.7. The molecule has 2 heterocycles. The number of urea groups is 1. The van der Waals surface area contributed by atoms with E-state index in [1.165, 1.54) is 12.4 Å². The number of carbonyl (C=O) groups excluding carboxylic acids is 1. The molecule has 2 amide bonds. The van der Waals surface area contributed by atoms with Gasteiger partial charge in [-0.1, -0.05) is 23.5 Å². The summed E-state index contributed by atoms with van der Waals surface area (Å²) in [5.41, 5.74) is 0.538. The van der Waals surface area contributed by atoms with E-state index in [2.05, 4.69) is 26.2 Å². The van der Waals surface area contributed by atoms with Crippen LogP contribution < -0.4 is 14.8 Å². The Morgan fingerprint density at radius 3 is 2.89 bits per heavy atom. The van der Waals surface area contributed by atoms with Crippen molar-refractivity contribution >= 4 is 59.4 Å². The van der Waals surface area contributed by atoms with Crippen LogP contribution in [0, 0.1) is 0 Å². The molecule has 0 aliphatic rings. The number of amides is 2. The van der Waals surface area contributed by atoms with E-state index in [1.807, 2.05) is 4.72 Å². The molecule has 0 radical (unpaired) electrons. The van der Waals surface area contributed by atoms with Crippen molar-refractivity contribution in [3.8, 4) is 5.75 Å². The number of carbonyl (C=O) groups is 1. The third-order valence-corrected chi connectivity index (χ3v) is 6.24. The molecule has 0 saturated heterocycles. The molecule has 9 nitrogen and oxygen atoms in total. The Labute approximate surface area is 167 Å². The molecule has 1 aromatic carbocycles. The summed E-state index contributed by atoms with van der Waals surface area (Å²) in [6.45, 7) is -0.0863. The highest BCUT2D eigenvalue weighted by Gasteiger charge is 2.24. The fourth-order valence-electron chi connectivity index (χ4n) is 2.49. The molecule has 144 valence electrons. The van der Waals surface area contributed by atoms with Gasteiger partial charge in [-0.3, -0.25) is 5.32 Å². The molecule has 27 heavy (non-hydrogen) atoms. The zero-order valence-corrected chi connectivity index (χ0v) is 17.2. The highest BCUT2D eigenvalue weighted by molar-refractivity contribution is 9.11. The smallest absolute Gasteiger partial charge is 0.334 e. The standard InChI is InChI=1S/C15H15BrN4O5S2/c1-20-8-11(9-3-2-4-10(13(9)20)25-6-5-21)27(23,24)19-14(22)18-15-17-7-12(16)26-15/h2-4,7-8,21H,5-6H2,1H3,(H2,17,18,19,22). The van der Waals surface area contributed by atoms with Gasteiger partial charge in [0.1, 0.15) is 17.3 Å². The van der Waals surface area contributed by atoms with E-state index in [4.69, 9.17) is 9.84 Å². The summed E-state index contributed by atoms with van der Waals surface area (Å²) >= 11 is 4.36. The third-order valence-electron chi connectivity index (χ3n) is 3.49. The normalized spacial score (nSPS) is 11.5. The van der Waals surface area contributed by atoms with Gasteiger partial charge in [-0.05, 0) is 22.0 Å². The first-order valence-electron chi connectivity index (χ1n) is 7.58. The largest absolute Gasteiger partial charge is 0.489 e. The van der Waals surface area contributed by atoms with Crippen molar-refractivity contribution in [1.29, 1.82) is 0 Å². The minimum Gasteiger partial charge on any atom is -0.489 e. The number of para-hydroxylation sites is 1. The number of ether oxygens (including phenoxy) is 1. The van der Waals surface area contributed by atoms with E-state index < -0.39 is 16.1 Å². The topological polar surface area (TPSA) is 123 Å². The number of nitrogens with zero attached hydrogens (tertiary/aromatic N) is 2. The number of nitrogens with one attached hydrogen (secondary N) is 2. The van der Waals surface area contributed by atoms with Gasteiger partial charge in [0.2, 0.25) is 0 Å². The molecular formula is C15H15BrN4O5S2. The number of anilines is 1. The number of aryl methyl sites for hydroxylation is 1. The lowest BCUT2D eigenvalue weighted by Crippen LogP contribution is -2.34. The first kappa shape index (κ1) is 19.6. The number of aliphatic hydroxyl groups excluding tert-OH is 1. The van der Waals surface area contributed by atoms with E-state index in [1.54, 1.807) is 29.8 Å². The van der Waals surface area contributed by atoms with Gasteiger partial charge < -0.3 is 14.4 Å². The van der Waals surface area contributed by atoms with E-state index in [0.717, 1.165) is 11.3 Å². The number of hydrogen-bond acceptors (Lipinski definition) is 7. The molecule has 0 aliphatic carbocycles. The molecule has 2 aromatic heterocycles. The summed E-state index contributed by atoms with van der Waals surface area (Å²) in [7, 11) is -2.47. The molecule has 0 saturated carbocycles. The van der Waals surface area contributed by atoms with E-state index in [-0.39, 0.29) is 23.2 Å². The summed E-state index contributed by atoms with van der Waals surface area (Å²) < 4.78 is 35.1. The average molecular weight is 475 g/mol. The first-order chi connectivity index (χ1) is 12.8. The van der Waals surface area contributed by atoms with Crippen molar-refractivity contribution in [2.45, 2.75) is 4.90 Å². The molecule has 0 bridgehead atoms. The summed E-state index contributed by atoms with van der Waals surface area (Å²) in [6.07, 6.45) is 2.89. The molecule has 3 N–H and O–H groups in total. The second-order valence-corrected chi connectivity index (χ2v) is 9.42. The number of benzene rings is 1. The SMILES string of the molecule is Cn1cc(S(=O)(=O)NC(=O)Nc2ncc(Br)s2)c2cccc(OCCO)c21. The Kier molecular flexibility index (Phi) is 5.69. The summed E-state index contributed by atoms with van der Waals surface area (Å²) in [4.78, 5) is 15.9. The Hall–Kier alpha value is -2.15. The Morgan fingerprint density at radius 2 is 2.22 bits per heavy atom. The van der Waals surface area contributed by atoms with Crippen molar-refractivity contribution < 1.29 is 23.1 Å². The number of thiazole rings is 1. The van der Waals surface area contributed by atoms with Crippen molar-refractivity contribution in [1.82, 2.24) is 14.3 Å². The molecule has 0 unspecified atom stereocenters. The Morgan fingerprint density at radius 1 is 1.44 bits per heavy atom. The van der Waals surface area contributed by atoms with E-state index in [9.17, 15) is 13.2 Å². The van der Waals surface area contributed by atoms with Crippen molar-refractivity contribution in [2.24, 2.45) is 7.05 Å². The van der Waals surface area contributed by atoms with Crippen LogP contribution in [0.25, 0.3) is 10.9 Å². The van der Waals surface area contributed by atoms with Crippen LogP contribution in [0.4, 0.5) is 9.93 Å². The number of aliphatic hydroxyl groups is 1. The molecular weight excluding hydrogens is 460 g/mol. The van der Waals surface area contributed by atoms with Crippen LogP contribution in [0.5, 0.6) is 5.75 Å². The van der Waals surface area contributed by atoms with Crippen LogP contribution in [-0.2, 0) is 17.1 Å². The highest BCUT2D eigenvalue weighted by Crippen LogP contribution is 2.31. The van der Waals surface area contributed by atoms with Gasteiger partial charge in [-0.25, -0.2) is 22.9 Å². The van der Waals surface area contributed by atoms with Crippen LogP contribution in [0.3, 0.4) is 0 Å². The predicted octanol–water partition coefficient (Wildman–Crippen LogP) is 2.28. The van der Waals surface area contributed by atoms with Gasteiger partial charge in [0, 0.05) is 18.6 Å². The highest BCUT2D eigenvalue weighted by atomic mass is 79.9. The average Bonchev–Trinajstić information content (AvgIpc) is 3.16. The first-order valence-corrected chi connectivity index (χ1v) is 10.7. The molecule has 3 rings (SSSR count). The predicted molar refractivity (Wildman–Crippen MR) is 105 cm³/mol. The number of sulfonamides is 1. The molecule has 0 spiro atoms. The van der Waals surface area contributed by atoms with Crippen LogP contribution in [-0.4, -0.2) is 42.3 Å². The van der Waals surface area contributed by atoms with E-state index in [0.29, 0.717) is 20.4 Å². The van der Waals surface area contributed by atoms with Gasteiger partial charge in [-0.15, -0.1) is 0 Å².